The van der Waals surface area contributed by atoms with Gasteiger partial charge < -0.3 is 5.32 Å². The van der Waals surface area contributed by atoms with E-state index in [1.54, 1.807) is 0 Å². The Bertz CT molecular complexity index is 302. The second-order valence-electron chi connectivity index (χ2n) is 5.63. The van der Waals surface area contributed by atoms with Gasteiger partial charge in [0.05, 0.1) is 0 Å². The number of rotatable bonds is 4. The molecule has 17 heavy (non-hydrogen) atoms. The van der Waals surface area contributed by atoms with Crippen molar-refractivity contribution in [2.24, 2.45) is 5.41 Å². The summed E-state index contributed by atoms with van der Waals surface area (Å²) in [6, 6.07) is 11.6. The molecule has 1 N–H and O–H groups in total. The van der Waals surface area contributed by atoms with E-state index in [1.807, 2.05) is 0 Å². The Kier molecular flexibility index (Phi) is 6.81. The predicted octanol–water partition coefficient (Wildman–Crippen LogP) is 4.58. The van der Waals surface area contributed by atoms with E-state index >= 15 is 0 Å². The molecule has 2 heteroatoms. The zero-order valence-electron chi connectivity index (χ0n) is 11.7. The van der Waals surface area contributed by atoms with Crippen LogP contribution in [0.15, 0.2) is 30.3 Å². The van der Waals surface area contributed by atoms with Crippen molar-refractivity contribution < 1.29 is 0 Å². The van der Waals surface area contributed by atoms with E-state index < -0.39 is 0 Å². The van der Waals surface area contributed by atoms with Crippen molar-refractivity contribution in [1.29, 1.82) is 0 Å². The first-order valence-corrected chi connectivity index (χ1v) is 6.26. The third-order valence-electron chi connectivity index (χ3n) is 3.20. The fraction of sp³-hybridized carbons (Fsp3) is 0.600. The van der Waals surface area contributed by atoms with Crippen molar-refractivity contribution in [3.8, 4) is 0 Å². The Balaban J connectivity index is 0.00000256. The number of halogens is 1. The summed E-state index contributed by atoms with van der Waals surface area (Å²) in [7, 11) is 0. The van der Waals surface area contributed by atoms with E-state index in [2.05, 4.69) is 70.3 Å². The molecular weight excluding hydrogens is 230 g/mol. The Morgan fingerprint density at radius 1 is 1.12 bits per heavy atom. The van der Waals surface area contributed by atoms with Crippen molar-refractivity contribution in [2.45, 2.75) is 53.1 Å². The number of nitrogens with one attached hydrogen (secondary N) is 1. The van der Waals surface area contributed by atoms with Gasteiger partial charge in [0, 0.05) is 12.1 Å². The van der Waals surface area contributed by atoms with Crippen LogP contribution in [0, 0.1) is 5.41 Å². The van der Waals surface area contributed by atoms with Crippen molar-refractivity contribution in [3.05, 3.63) is 35.9 Å². The van der Waals surface area contributed by atoms with Crippen molar-refractivity contribution >= 4 is 12.4 Å². The average molecular weight is 256 g/mol. The van der Waals surface area contributed by atoms with Crippen LogP contribution in [0.1, 0.15) is 52.6 Å². The van der Waals surface area contributed by atoms with Gasteiger partial charge in [-0.05, 0) is 24.3 Å². The van der Waals surface area contributed by atoms with E-state index in [0.717, 1.165) is 0 Å². The maximum atomic E-state index is 3.72. The van der Waals surface area contributed by atoms with Gasteiger partial charge in [-0.25, -0.2) is 0 Å². The summed E-state index contributed by atoms with van der Waals surface area (Å²) in [6.45, 7) is 11.4. The lowest BCUT2D eigenvalue weighted by atomic mass is 9.84. The van der Waals surface area contributed by atoms with Gasteiger partial charge in [-0.3, -0.25) is 0 Å². The van der Waals surface area contributed by atoms with Gasteiger partial charge in [0.15, 0.2) is 0 Å². The summed E-state index contributed by atoms with van der Waals surface area (Å²) in [5, 5.41) is 3.72. The third kappa shape index (κ3) is 5.10. The number of benzene rings is 1. The van der Waals surface area contributed by atoms with Gasteiger partial charge in [0.1, 0.15) is 0 Å². The second-order valence-corrected chi connectivity index (χ2v) is 5.63. The molecule has 1 rings (SSSR count). The van der Waals surface area contributed by atoms with Crippen LogP contribution in [-0.4, -0.2) is 6.04 Å². The highest BCUT2D eigenvalue weighted by atomic mass is 35.5. The first-order valence-electron chi connectivity index (χ1n) is 6.26. The fourth-order valence-corrected chi connectivity index (χ4v) is 2.12. The summed E-state index contributed by atoms with van der Waals surface area (Å²) in [4.78, 5) is 0. The molecule has 0 heterocycles. The molecule has 0 bridgehead atoms. The Labute approximate surface area is 112 Å². The lowest BCUT2D eigenvalue weighted by molar-refractivity contribution is 0.244. The van der Waals surface area contributed by atoms with Crippen LogP contribution in [-0.2, 0) is 0 Å². The first-order chi connectivity index (χ1) is 7.45. The van der Waals surface area contributed by atoms with Gasteiger partial charge in [0.25, 0.3) is 0 Å². The first kappa shape index (κ1) is 16.5. The van der Waals surface area contributed by atoms with Crippen molar-refractivity contribution in [3.63, 3.8) is 0 Å². The molecule has 1 aromatic rings. The molecule has 0 aliphatic heterocycles. The smallest absolute Gasteiger partial charge is 0.0294 e. The Morgan fingerprint density at radius 3 is 2.06 bits per heavy atom. The van der Waals surface area contributed by atoms with E-state index in [1.165, 1.54) is 12.0 Å². The zero-order valence-corrected chi connectivity index (χ0v) is 12.5. The fourth-order valence-electron chi connectivity index (χ4n) is 2.12. The highest BCUT2D eigenvalue weighted by Gasteiger charge is 2.24. The summed E-state index contributed by atoms with van der Waals surface area (Å²) in [6.07, 6.45) is 1.17. The van der Waals surface area contributed by atoms with Crippen LogP contribution in [0.25, 0.3) is 0 Å². The van der Waals surface area contributed by atoms with E-state index in [0.29, 0.717) is 17.5 Å². The van der Waals surface area contributed by atoms with E-state index in [4.69, 9.17) is 0 Å². The lowest BCUT2D eigenvalue weighted by Gasteiger charge is -2.33. The molecule has 0 aromatic heterocycles. The minimum Gasteiger partial charge on any atom is -0.307 e. The van der Waals surface area contributed by atoms with Crippen LogP contribution < -0.4 is 5.32 Å². The normalized spacial score (nSPS) is 14.9. The SMILES string of the molecule is CCC(NC(C)c1ccccc1)C(C)(C)C.Cl. The molecule has 0 radical (unpaired) electrons. The Hall–Kier alpha value is -0.530. The minimum absolute atomic E-state index is 0. The maximum absolute atomic E-state index is 3.72. The molecule has 0 saturated heterocycles. The van der Waals surface area contributed by atoms with E-state index in [9.17, 15) is 0 Å². The monoisotopic (exact) mass is 255 g/mol. The van der Waals surface area contributed by atoms with Gasteiger partial charge in [-0.2, -0.15) is 0 Å². The zero-order chi connectivity index (χ0) is 12.2. The van der Waals surface area contributed by atoms with E-state index in [-0.39, 0.29) is 12.4 Å². The molecule has 0 amide bonds. The molecule has 2 atom stereocenters. The summed E-state index contributed by atoms with van der Waals surface area (Å²) in [5.74, 6) is 0. The van der Waals surface area contributed by atoms with Crippen LogP contribution in [0.3, 0.4) is 0 Å². The van der Waals surface area contributed by atoms with Crippen LogP contribution in [0.5, 0.6) is 0 Å². The van der Waals surface area contributed by atoms with Crippen LogP contribution in [0.2, 0.25) is 0 Å². The summed E-state index contributed by atoms with van der Waals surface area (Å²) < 4.78 is 0. The topological polar surface area (TPSA) is 12.0 Å². The molecule has 0 fully saturated rings. The molecule has 0 aliphatic rings. The second kappa shape index (κ2) is 7.03. The summed E-state index contributed by atoms with van der Waals surface area (Å²) in [5.41, 5.74) is 1.68. The van der Waals surface area contributed by atoms with Crippen molar-refractivity contribution in [2.75, 3.05) is 0 Å². The lowest BCUT2D eigenvalue weighted by Crippen LogP contribution is -2.41. The molecule has 0 spiro atoms. The van der Waals surface area contributed by atoms with Gasteiger partial charge >= 0.3 is 0 Å². The average Bonchev–Trinajstić information content (AvgIpc) is 2.25. The van der Waals surface area contributed by atoms with Crippen LogP contribution >= 0.6 is 12.4 Å². The van der Waals surface area contributed by atoms with Crippen molar-refractivity contribution in [1.82, 2.24) is 5.32 Å². The molecule has 2 unspecified atom stereocenters. The Morgan fingerprint density at radius 2 is 1.65 bits per heavy atom. The molecule has 0 saturated carbocycles. The number of hydrogen-bond donors (Lipinski definition) is 1. The molecular formula is C15H26ClN. The largest absolute Gasteiger partial charge is 0.307 e. The quantitative estimate of drug-likeness (QED) is 0.830. The summed E-state index contributed by atoms with van der Waals surface area (Å²) >= 11 is 0. The maximum Gasteiger partial charge on any atom is 0.0294 e. The van der Waals surface area contributed by atoms with Gasteiger partial charge in [0.2, 0.25) is 0 Å². The highest BCUT2D eigenvalue weighted by Crippen LogP contribution is 2.24. The molecule has 1 aromatic carbocycles. The molecule has 98 valence electrons. The van der Waals surface area contributed by atoms with Gasteiger partial charge in [-0.15, -0.1) is 12.4 Å². The highest BCUT2D eigenvalue weighted by molar-refractivity contribution is 5.85. The third-order valence-corrected chi connectivity index (χ3v) is 3.20. The number of hydrogen-bond acceptors (Lipinski definition) is 1. The molecule has 0 aliphatic carbocycles. The standard InChI is InChI=1S/C15H25N.ClH/c1-6-14(15(3,4)5)16-12(2)13-10-8-7-9-11-13;/h7-12,14,16H,6H2,1-5H3;1H. The minimum atomic E-state index is 0. The van der Waals surface area contributed by atoms with Crippen LogP contribution in [0.4, 0.5) is 0 Å². The predicted molar refractivity (Wildman–Crippen MR) is 78.8 cm³/mol. The van der Waals surface area contributed by atoms with Gasteiger partial charge in [-0.1, -0.05) is 58.0 Å². The molecule has 1 nitrogen and oxygen atoms in total.